The maximum absolute atomic E-state index is 12.0. The van der Waals surface area contributed by atoms with Gasteiger partial charge in [0.2, 0.25) is 5.88 Å². The Bertz CT molecular complexity index is 803. The second kappa shape index (κ2) is 11.9. The molecule has 7 heteroatoms. The van der Waals surface area contributed by atoms with Crippen molar-refractivity contribution in [3.63, 3.8) is 0 Å². The lowest BCUT2D eigenvalue weighted by Crippen LogP contribution is -2.35. The zero-order valence-electron chi connectivity index (χ0n) is 17.4. The number of rotatable bonds is 10. The fourth-order valence-corrected chi connectivity index (χ4v) is 3.12. The van der Waals surface area contributed by atoms with E-state index in [4.69, 9.17) is 14.3 Å². The van der Waals surface area contributed by atoms with Crippen molar-refractivity contribution in [1.82, 2.24) is 10.3 Å². The van der Waals surface area contributed by atoms with Crippen LogP contribution in [0.3, 0.4) is 0 Å². The van der Waals surface area contributed by atoms with Gasteiger partial charge in [0.25, 0.3) is 5.91 Å². The molecule has 0 saturated carbocycles. The number of pyridine rings is 1. The molecule has 0 unspecified atom stereocenters. The van der Waals surface area contributed by atoms with Gasteiger partial charge in [0.15, 0.2) is 6.61 Å². The number of nitrogens with one attached hydrogen (secondary N) is 1. The van der Waals surface area contributed by atoms with E-state index in [2.05, 4.69) is 15.5 Å². The zero-order valence-corrected chi connectivity index (χ0v) is 17.4. The number of nitrogens with zero attached hydrogens (tertiary/aromatic N) is 2. The highest BCUT2D eigenvalue weighted by Gasteiger charge is 2.15. The molecule has 1 aromatic carbocycles. The highest BCUT2D eigenvalue weighted by molar-refractivity contribution is 5.99. The molecule has 1 N–H and O–H groups in total. The number of ether oxygens (including phenoxy) is 2. The third-order valence-electron chi connectivity index (χ3n) is 4.93. The number of carbonyl (C=O) groups excluding carboxylic acids is 1. The third kappa shape index (κ3) is 7.15. The molecule has 2 aromatic rings. The first-order valence-corrected chi connectivity index (χ1v) is 10.4. The molecule has 1 saturated heterocycles. The van der Waals surface area contributed by atoms with Crippen molar-refractivity contribution < 1.29 is 19.1 Å². The van der Waals surface area contributed by atoms with Crippen molar-refractivity contribution in [3.05, 3.63) is 59.8 Å². The molecule has 0 spiro atoms. The van der Waals surface area contributed by atoms with Crippen LogP contribution in [0.5, 0.6) is 5.88 Å². The first kappa shape index (κ1) is 21.8. The normalized spacial score (nSPS) is 14.9. The first-order chi connectivity index (χ1) is 14.7. The van der Waals surface area contributed by atoms with Gasteiger partial charge in [-0.05, 0) is 36.8 Å². The number of amides is 1. The Morgan fingerprint density at radius 2 is 2.00 bits per heavy atom. The van der Waals surface area contributed by atoms with Gasteiger partial charge in [0.05, 0.1) is 5.71 Å². The van der Waals surface area contributed by atoms with Crippen LogP contribution in [0.1, 0.15) is 37.3 Å². The van der Waals surface area contributed by atoms with E-state index in [1.807, 2.05) is 43.3 Å². The fourth-order valence-electron chi connectivity index (χ4n) is 3.12. The summed E-state index contributed by atoms with van der Waals surface area (Å²) in [6, 6.07) is 13.5. The summed E-state index contributed by atoms with van der Waals surface area (Å²) in [7, 11) is 0. The van der Waals surface area contributed by atoms with Crippen LogP contribution in [0.2, 0.25) is 0 Å². The van der Waals surface area contributed by atoms with Gasteiger partial charge >= 0.3 is 0 Å². The Balaban J connectivity index is 1.43. The number of aromatic nitrogens is 1. The summed E-state index contributed by atoms with van der Waals surface area (Å²) in [5.74, 6) is 0.745. The van der Waals surface area contributed by atoms with E-state index in [9.17, 15) is 4.79 Å². The van der Waals surface area contributed by atoms with Crippen LogP contribution in [-0.4, -0.2) is 43.0 Å². The number of hydrogen-bond acceptors (Lipinski definition) is 6. The average Bonchev–Trinajstić information content (AvgIpc) is 2.81. The standard InChI is InChI=1S/C23H29N3O4/c1-2-21(26-30-16-19-6-4-3-5-7-19)20-8-9-23(25-15-20)29-17-22(27)24-14-18-10-12-28-13-11-18/h3-9,15,18H,2,10-14,16-17H2,1H3,(H,24,27). The largest absolute Gasteiger partial charge is 0.468 e. The van der Waals surface area contributed by atoms with E-state index >= 15 is 0 Å². The smallest absolute Gasteiger partial charge is 0.258 e. The van der Waals surface area contributed by atoms with Gasteiger partial charge in [0, 0.05) is 37.6 Å². The van der Waals surface area contributed by atoms with Crippen LogP contribution in [0.25, 0.3) is 0 Å². The van der Waals surface area contributed by atoms with Crippen LogP contribution >= 0.6 is 0 Å². The monoisotopic (exact) mass is 411 g/mol. The maximum Gasteiger partial charge on any atom is 0.258 e. The van der Waals surface area contributed by atoms with Crippen molar-refractivity contribution in [3.8, 4) is 5.88 Å². The number of carbonyl (C=O) groups is 1. The Kier molecular flexibility index (Phi) is 8.65. The van der Waals surface area contributed by atoms with E-state index in [0.717, 1.165) is 42.9 Å². The van der Waals surface area contributed by atoms with Gasteiger partial charge in [0.1, 0.15) is 6.61 Å². The van der Waals surface area contributed by atoms with Gasteiger partial charge in [-0.1, -0.05) is 42.4 Å². The van der Waals surface area contributed by atoms with Gasteiger partial charge in [-0.15, -0.1) is 0 Å². The Morgan fingerprint density at radius 3 is 2.70 bits per heavy atom. The second-order valence-corrected chi connectivity index (χ2v) is 7.18. The Labute approximate surface area is 177 Å². The molecule has 160 valence electrons. The van der Waals surface area contributed by atoms with Crippen LogP contribution in [0, 0.1) is 5.92 Å². The average molecular weight is 412 g/mol. The molecule has 1 aromatic heterocycles. The zero-order chi connectivity index (χ0) is 21.0. The molecule has 0 radical (unpaired) electrons. The van der Waals surface area contributed by atoms with Crippen LogP contribution < -0.4 is 10.1 Å². The summed E-state index contributed by atoms with van der Waals surface area (Å²) in [5.41, 5.74) is 2.73. The predicted molar refractivity (Wildman–Crippen MR) is 114 cm³/mol. The Hall–Kier alpha value is -2.93. The summed E-state index contributed by atoms with van der Waals surface area (Å²) < 4.78 is 10.8. The lowest BCUT2D eigenvalue weighted by molar-refractivity contribution is -0.123. The molecular weight excluding hydrogens is 382 g/mol. The molecule has 1 fully saturated rings. The summed E-state index contributed by atoms with van der Waals surface area (Å²) in [6.45, 7) is 4.59. The molecule has 0 aliphatic carbocycles. The van der Waals surface area contributed by atoms with E-state index in [1.165, 1.54) is 0 Å². The molecule has 0 bridgehead atoms. The van der Waals surface area contributed by atoms with Gasteiger partial charge in [-0.3, -0.25) is 4.79 Å². The molecule has 2 heterocycles. The number of hydrogen-bond donors (Lipinski definition) is 1. The highest BCUT2D eigenvalue weighted by Crippen LogP contribution is 2.13. The minimum atomic E-state index is -0.141. The third-order valence-corrected chi connectivity index (χ3v) is 4.93. The maximum atomic E-state index is 12.0. The van der Waals surface area contributed by atoms with E-state index in [-0.39, 0.29) is 12.5 Å². The molecule has 1 aliphatic rings. The van der Waals surface area contributed by atoms with Crippen LogP contribution in [0.4, 0.5) is 0 Å². The van der Waals surface area contributed by atoms with Gasteiger partial charge in [-0.25, -0.2) is 4.98 Å². The minimum Gasteiger partial charge on any atom is -0.468 e. The lowest BCUT2D eigenvalue weighted by atomic mass is 10.0. The van der Waals surface area contributed by atoms with Crippen molar-refractivity contribution in [2.75, 3.05) is 26.4 Å². The quantitative estimate of drug-likeness (QED) is 0.479. The second-order valence-electron chi connectivity index (χ2n) is 7.18. The van der Waals surface area contributed by atoms with Gasteiger partial charge < -0.3 is 19.6 Å². The highest BCUT2D eigenvalue weighted by atomic mass is 16.6. The molecule has 3 rings (SSSR count). The fraction of sp³-hybridized carbons (Fsp3) is 0.435. The summed E-state index contributed by atoms with van der Waals surface area (Å²) in [4.78, 5) is 21.7. The van der Waals surface area contributed by atoms with Crippen LogP contribution in [-0.2, 0) is 21.0 Å². The lowest BCUT2D eigenvalue weighted by Gasteiger charge is -2.22. The molecule has 1 amide bonds. The number of oxime groups is 1. The first-order valence-electron chi connectivity index (χ1n) is 10.4. The van der Waals surface area contributed by atoms with Crippen molar-refractivity contribution >= 4 is 11.6 Å². The molecule has 1 aliphatic heterocycles. The van der Waals surface area contributed by atoms with Gasteiger partial charge in [-0.2, -0.15) is 0 Å². The van der Waals surface area contributed by atoms with E-state index < -0.39 is 0 Å². The Morgan fingerprint density at radius 1 is 1.20 bits per heavy atom. The molecule has 30 heavy (non-hydrogen) atoms. The van der Waals surface area contributed by atoms with Crippen molar-refractivity contribution in [2.45, 2.75) is 32.8 Å². The topological polar surface area (TPSA) is 82.0 Å². The van der Waals surface area contributed by atoms with E-state index in [0.29, 0.717) is 31.4 Å². The SMILES string of the molecule is CCC(=NOCc1ccccc1)c1ccc(OCC(=O)NCC2CCOCC2)nc1. The van der Waals surface area contributed by atoms with Crippen LogP contribution in [0.15, 0.2) is 53.8 Å². The predicted octanol–water partition coefficient (Wildman–Crippen LogP) is 3.33. The summed E-state index contributed by atoms with van der Waals surface area (Å²) in [5, 5.41) is 7.16. The van der Waals surface area contributed by atoms with Crippen molar-refractivity contribution in [1.29, 1.82) is 0 Å². The summed E-state index contributed by atoms with van der Waals surface area (Å²) in [6.07, 6.45) is 4.37. The molecular formula is C23H29N3O4. The number of benzene rings is 1. The molecule has 0 atom stereocenters. The van der Waals surface area contributed by atoms with Crippen molar-refractivity contribution in [2.24, 2.45) is 11.1 Å². The minimum absolute atomic E-state index is 0.0511. The van der Waals surface area contributed by atoms with E-state index in [1.54, 1.807) is 12.3 Å². The molecule has 7 nitrogen and oxygen atoms in total. The summed E-state index contributed by atoms with van der Waals surface area (Å²) >= 11 is 0.